The first kappa shape index (κ1) is 22.4. The van der Waals surface area contributed by atoms with Gasteiger partial charge in [-0.05, 0) is 18.9 Å². The molecule has 1 nitrogen and oxygen atoms in total. The molecule has 0 aliphatic carbocycles. The van der Waals surface area contributed by atoms with Crippen LogP contribution in [0.25, 0.3) is 0 Å². The Bertz CT molecular complexity index is 244. The second kappa shape index (κ2) is 21.4. The van der Waals surface area contributed by atoms with Gasteiger partial charge >= 0.3 is 0 Å². The van der Waals surface area contributed by atoms with E-state index in [4.69, 9.17) is 0 Å². The molecule has 23 heavy (non-hydrogen) atoms. The molecule has 135 valence electrons. The standard InChI is InChI=1S/C22H41O/c1-2-3-4-5-6-7-8-9-10-11-12-13-14-15-16-17-18-19-20-21-22-23/h20-21H,2-19H2,1H3. The van der Waals surface area contributed by atoms with E-state index in [-0.39, 0.29) is 0 Å². The molecule has 0 aromatic heterocycles. The molecule has 0 heterocycles. The SMILES string of the molecule is CCCCCCCCCCCCCCCCCCCC=C[C]=O. The number of hydrogen-bond donors (Lipinski definition) is 0. The van der Waals surface area contributed by atoms with Crippen LogP contribution in [0.1, 0.15) is 122 Å². The summed E-state index contributed by atoms with van der Waals surface area (Å²) in [5.74, 6) is 0. The maximum atomic E-state index is 9.98. The third kappa shape index (κ3) is 21.4. The summed E-state index contributed by atoms with van der Waals surface area (Å²) >= 11 is 0. The molecule has 0 atom stereocenters. The normalized spacial score (nSPS) is 11.3. The van der Waals surface area contributed by atoms with Gasteiger partial charge < -0.3 is 0 Å². The van der Waals surface area contributed by atoms with Crippen molar-refractivity contribution < 1.29 is 4.79 Å². The highest BCUT2D eigenvalue weighted by atomic mass is 16.1. The van der Waals surface area contributed by atoms with E-state index in [1.54, 1.807) is 6.29 Å². The first-order valence-electron chi connectivity index (χ1n) is 10.4. The lowest BCUT2D eigenvalue weighted by molar-refractivity contribution is 0.527. The second-order valence-electron chi connectivity index (χ2n) is 6.97. The van der Waals surface area contributed by atoms with Crippen LogP contribution in [0.2, 0.25) is 0 Å². The summed E-state index contributed by atoms with van der Waals surface area (Å²) in [4.78, 5) is 9.98. The van der Waals surface area contributed by atoms with Crippen molar-refractivity contribution in [3.05, 3.63) is 12.2 Å². The zero-order chi connectivity index (χ0) is 16.8. The number of carbonyl (C=O) groups excluding carboxylic acids is 1. The van der Waals surface area contributed by atoms with Crippen molar-refractivity contribution in [2.45, 2.75) is 122 Å². The van der Waals surface area contributed by atoms with Crippen molar-refractivity contribution >= 4 is 6.29 Å². The van der Waals surface area contributed by atoms with E-state index in [0.29, 0.717) is 0 Å². The van der Waals surface area contributed by atoms with Gasteiger partial charge in [0.25, 0.3) is 0 Å². The molecule has 0 spiro atoms. The maximum absolute atomic E-state index is 9.98. The van der Waals surface area contributed by atoms with Crippen molar-refractivity contribution in [1.82, 2.24) is 0 Å². The summed E-state index contributed by atoms with van der Waals surface area (Å²) < 4.78 is 0. The van der Waals surface area contributed by atoms with Gasteiger partial charge in [0.2, 0.25) is 6.29 Å². The van der Waals surface area contributed by atoms with Crippen molar-refractivity contribution in [3.8, 4) is 0 Å². The number of rotatable bonds is 19. The summed E-state index contributed by atoms with van der Waals surface area (Å²) in [6.45, 7) is 2.29. The number of hydrogen-bond acceptors (Lipinski definition) is 1. The molecule has 0 aromatic carbocycles. The zero-order valence-corrected chi connectivity index (χ0v) is 15.8. The topological polar surface area (TPSA) is 17.1 Å². The van der Waals surface area contributed by atoms with Gasteiger partial charge in [0, 0.05) is 0 Å². The Labute approximate surface area is 146 Å². The van der Waals surface area contributed by atoms with E-state index < -0.39 is 0 Å². The molecule has 0 unspecified atom stereocenters. The molecule has 0 fully saturated rings. The largest absolute Gasteiger partial charge is 0.286 e. The van der Waals surface area contributed by atoms with Crippen LogP contribution in [0.15, 0.2) is 12.2 Å². The molecule has 0 N–H and O–H groups in total. The summed E-state index contributed by atoms with van der Waals surface area (Å²) in [5, 5.41) is 0. The highest BCUT2D eigenvalue weighted by Crippen LogP contribution is 2.14. The van der Waals surface area contributed by atoms with Crippen molar-refractivity contribution in [1.29, 1.82) is 0 Å². The van der Waals surface area contributed by atoms with Crippen LogP contribution in [0, 0.1) is 0 Å². The van der Waals surface area contributed by atoms with E-state index in [1.165, 1.54) is 115 Å². The van der Waals surface area contributed by atoms with Crippen LogP contribution in [0.3, 0.4) is 0 Å². The molecular weight excluding hydrogens is 280 g/mol. The number of unbranched alkanes of at least 4 members (excludes halogenated alkanes) is 17. The predicted octanol–water partition coefficient (Wildman–Crippen LogP) is 7.69. The Morgan fingerprint density at radius 3 is 1.26 bits per heavy atom. The molecule has 0 aromatic rings. The van der Waals surface area contributed by atoms with Crippen LogP contribution in [0.4, 0.5) is 0 Å². The molecule has 1 heteroatoms. The molecule has 0 bridgehead atoms. The monoisotopic (exact) mass is 321 g/mol. The Kier molecular flexibility index (Phi) is 20.9. The van der Waals surface area contributed by atoms with Crippen molar-refractivity contribution in [3.63, 3.8) is 0 Å². The Hall–Kier alpha value is -0.590. The summed E-state index contributed by atoms with van der Waals surface area (Å²) in [5.41, 5.74) is 0. The van der Waals surface area contributed by atoms with Gasteiger partial charge in [0.05, 0.1) is 0 Å². The minimum atomic E-state index is 1.04. The average Bonchev–Trinajstić information content (AvgIpc) is 2.57. The molecular formula is C22H41O. The van der Waals surface area contributed by atoms with E-state index in [2.05, 4.69) is 6.92 Å². The van der Waals surface area contributed by atoms with Gasteiger partial charge in [-0.3, -0.25) is 4.79 Å². The van der Waals surface area contributed by atoms with Gasteiger partial charge in [-0.2, -0.15) is 0 Å². The van der Waals surface area contributed by atoms with Crippen LogP contribution in [-0.2, 0) is 4.79 Å². The zero-order valence-electron chi connectivity index (χ0n) is 15.8. The van der Waals surface area contributed by atoms with E-state index in [9.17, 15) is 4.79 Å². The molecule has 0 aliphatic rings. The van der Waals surface area contributed by atoms with Gasteiger partial charge in [-0.15, -0.1) is 0 Å². The lowest BCUT2D eigenvalue weighted by atomic mass is 10.0. The summed E-state index contributed by atoms with van der Waals surface area (Å²) in [6, 6.07) is 0. The van der Waals surface area contributed by atoms with Crippen LogP contribution in [-0.4, -0.2) is 6.29 Å². The average molecular weight is 322 g/mol. The van der Waals surface area contributed by atoms with E-state index in [0.717, 1.165) is 6.42 Å². The Morgan fingerprint density at radius 1 is 0.565 bits per heavy atom. The minimum absolute atomic E-state index is 1.04. The lowest BCUT2D eigenvalue weighted by Crippen LogP contribution is -1.83. The lowest BCUT2D eigenvalue weighted by Gasteiger charge is -2.03. The molecule has 0 saturated carbocycles. The predicted molar refractivity (Wildman–Crippen MR) is 104 cm³/mol. The summed E-state index contributed by atoms with van der Waals surface area (Å²) in [6.07, 6.45) is 30.2. The highest BCUT2D eigenvalue weighted by Gasteiger charge is 1.94. The fraction of sp³-hybridized carbons (Fsp3) is 0.864. The molecule has 0 saturated heterocycles. The smallest absolute Gasteiger partial charge is 0.225 e. The molecule has 1 radical (unpaired) electrons. The van der Waals surface area contributed by atoms with E-state index in [1.807, 2.05) is 6.08 Å². The quantitative estimate of drug-likeness (QED) is 0.176. The number of allylic oxidation sites excluding steroid dienone is 2. The van der Waals surface area contributed by atoms with Crippen LogP contribution < -0.4 is 0 Å². The van der Waals surface area contributed by atoms with Gasteiger partial charge in [0.15, 0.2) is 0 Å². The fourth-order valence-electron chi connectivity index (χ4n) is 3.12. The fourth-order valence-corrected chi connectivity index (χ4v) is 3.12. The van der Waals surface area contributed by atoms with Gasteiger partial charge in [0.1, 0.15) is 0 Å². The maximum Gasteiger partial charge on any atom is 0.225 e. The minimum Gasteiger partial charge on any atom is -0.286 e. The van der Waals surface area contributed by atoms with Crippen molar-refractivity contribution in [2.75, 3.05) is 0 Å². The third-order valence-electron chi connectivity index (χ3n) is 4.66. The van der Waals surface area contributed by atoms with Gasteiger partial charge in [-0.25, -0.2) is 0 Å². The Morgan fingerprint density at radius 2 is 0.913 bits per heavy atom. The second-order valence-corrected chi connectivity index (χ2v) is 6.97. The third-order valence-corrected chi connectivity index (χ3v) is 4.66. The molecule has 0 amide bonds. The first-order chi connectivity index (χ1) is 11.4. The first-order valence-corrected chi connectivity index (χ1v) is 10.4. The van der Waals surface area contributed by atoms with Crippen LogP contribution in [0.5, 0.6) is 0 Å². The van der Waals surface area contributed by atoms with E-state index >= 15 is 0 Å². The molecule has 0 rings (SSSR count). The van der Waals surface area contributed by atoms with Gasteiger partial charge in [-0.1, -0.05) is 116 Å². The summed E-state index contributed by atoms with van der Waals surface area (Å²) in [7, 11) is 0. The Balaban J connectivity index is 2.97. The van der Waals surface area contributed by atoms with Crippen molar-refractivity contribution in [2.24, 2.45) is 0 Å². The molecule has 0 aliphatic heterocycles. The highest BCUT2D eigenvalue weighted by molar-refractivity contribution is 5.65. The van der Waals surface area contributed by atoms with Crippen LogP contribution >= 0.6 is 0 Å².